The van der Waals surface area contributed by atoms with Crippen LogP contribution >= 0.6 is 22.6 Å². The summed E-state index contributed by atoms with van der Waals surface area (Å²) in [4.78, 5) is 0.00547. The quantitative estimate of drug-likeness (QED) is 0.602. The van der Waals surface area contributed by atoms with Gasteiger partial charge in [-0.3, -0.25) is 0 Å². The normalized spacial score (nSPS) is 11.6. The van der Waals surface area contributed by atoms with Crippen LogP contribution in [0.1, 0.15) is 5.56 Å². The second-order valence-corrected chi connectivity index (χ2v) is 7.13. The molecule has 0 aliphatic carbocycles. The molecule has 2 aromatic rings. The van der Waals surface area contributed by atoms with Gasteiger partial charge in [0.15, 0.2) is 17.5 Å². The summed E-state index contributed by atoms with van der Waals surface area (Å²) in [6, 6.07) is 7.73. The predicted octanol–water partition coefficient (Wildman–Crippen LogP) is 3.19. The number of nitrogens with one attached hydrogen (secondary N) is 1. The van der Waals surface area contributed by atoms with E-state index in [1.54, 1.807) is 12.1 Å². The zero-order chi connectivity index (χ0) is 15.6. The van der Waals surface area contributed by atoms with Crippen molar-refractivity contribution < 1.29 is 21.6 Å². The topological polar surface area (TPSA) is 46.2 Å². The Hall–Kier alpha value is -1.13. The minimum Gasteiger partial charge on any atom is -0.207 e. The summed E-state index contributed by atoms with van der Waals surface area (Å²) in [5, 5.41) is 0. The molecule has 0 amide bonds. The van der Waals surface area contributed by atoms with Crippen LogP contribution in [-0.4, -0.2) is 8.42 Å². The summed E-state index contributed by atoms with van der Waals surface area (Å²) in [5.74, 6) is -4.35. The highest BCUT2D eigenvalue weighted by molar-refractivity contribution is 14.1. The number of sulfonamides is 1. The Bertz CT molecular complexity index is 764. The molecule has 0 bridgehead atoms. The summed E-state index contributed by atoms with van der Waals surface area (Å²) in [7, 11) is -3.85. The molecule has 0 unspecified atom stereocenters. The van der Waals surface area contributed by atoms with E-state index in [4.69, 9.17) is 0 Å². The number of rotatable bonds is 4. The first-order chi connectivity index (χ1) is 9.81. The molecule has 0 radical (unpaired) electrons. The van der Waals surface area contributed by atoms with Gasteiger partial charge in [0.2, 0.25) is 10.0 Å². The zero-order valence-corrected chi connectivity index (χ0v) is 13.4. The van der Waals surface area contributed by atoms with Crippen LogP contribution in [0.2, 0.25) is 0 Å². The van der Waals surface area contributed by atoms with E-state index in [-0.39, 0.29) is 10.5 Å². The SMILES string of the molecule is O=S(=O)(NCc1ccc(F)c(F)c1F)c1ccc(I)cc1. The third-order valence-corrected chi connectivity index (χ3v) is 4.83. The fourth-order valence-corrected chi connectivity index (χ4v) is 2.94. The van der Waals surface area contributed by atoms with Crippen LogP contribution in [-0.2, 0) is 16.6 Å². The minimum atomic E-state index is -3.85. The molecule has 112 valence electrons. The van der Waals surface area contributed by atoms with E-state index in [0.717, 1.165) is 15.7 Å². The molecule has 2 rings (SSSR count). The van der Waals surface area contributed by atoms with Crippen LogP contribution in [0.25, 0.3) is 0 Å². The molecule has 21 heavy (non-hydrogen) atoms. The summed E-state index contributed by atoms with van der Waals surface area (Å²) in [6.45, 7) is -0.475. The molecule has 0 spiro atoms. The van der Waals surface area contributed by atoms with Crippen molar-refractivity contribution in [3.63, 3.8) is 0 Å². The fourth-order valence-electron chi connectivity index (χ4n) is 1.57. The van der Waals surface area contributed by atoms with Crippen molar-refractivity contribution >= 4 is 32.6 Å². The zero-order valence-electron chi connectivity index (χ0n) is 10.4. The Morgan fingerprint density at radius 2 is 1.57 bits per heavy atom. The second-order valence-electron chi connectivity index (χ2n) is 4.11. The molecule has 0 aliphatic heterocycles. The molecule has 0 aliphatic rings. The maximum Gasteiger partial charge on any atom is 0.240 e. The number of hydrogen-bond donors (Lipinski definition) is 1. The van der Waals surface area contributed by atoms with E-state index < -0.39 is 34.0 Å². The van der Waals surface area contributed by atoms with Gasteiger partial charge in [-0.25, -0.2) is 26.3 Å². The maximum absolute atomic E-state index is 13.4. The molecule has 0 fully saturated rings. The van der Waals surface area contributed by atoms with Crippen molar-refractivity contribution in [2.75, 3.05) is 0 Å². The molecule has 0 heterocycles. The first kappa shape index (κ1) is 16.2. The lowest BCUT2D eigenvalue weighted by atomic mass is 10.2. The van der Waals surface area contributed by atoms with Gasteiger partial charge in [-0.2, -0.15) is 0 Å². The van der Waals surface area contributed by atoms with E-state index in [0.29, 0.717) is 0 Å². The fraction of sp³-hybridized carbons (Fsp3) is 0.0769. The monoisotopic (exact) mass is 427 g/mol. The largest absolute Gasteiger partial charge is 0.240 e. The van der Waals surface area contributed by atoms with Gasteiger partial charge < -0.3 is 0 Å². The van der Waals surface area contributed by atoms with Gasteiger partial charge in [-0.15, -0.1) is 0 Å². The van der Waals surface area contributed by atoms with Gasteiger partial charge in [0.1, 0.15) is 0 Å². The predicted molar refractivity (Wildman–Crippen MR) is 79.5 cm³/mol. The molecule has 3 nitrogen and oxygen atoms in total. The average molecular weight is 427 g/mol. The Labute approximate surface area is 133 Å². The van der Waals surface area contributed by atoms with E-state index >= 15 is 0 Å². The van der Waals surface area contributed by atoms with E-state index in [2.05, 4.69) is 4.72 Å². The van der Waals surface area contributed by atoms with Gasteiger partial charge in [0.05, 0.1) is 4.90 Å². The number of halogens is 4. The highest BCUT2D eigenvalue weighted by atomic mass is 127. The molecule has 0 saturated carbocycles. The van der Waals surface area contributed by atoms with Crippen LogP contribution in [0, 0.1) is 21.0 Å². The Morgan fingerprint density at radius 1 is 0.952 bits per heavy atom. The molecule has 2 aromatic carbocycles. The van der Waals surface area contributed by atoms with Crippen molar-refractivity contribution in [1.29, 1.82) is 0 Å². The van der Waals surface area contributed by atoms with E-state index in [1.165, 1.54) is 12.1 Å². The number of benzene rings is 2. The van der Waals surface area contributed by atoms with Crippen LogP contribution in [0.3, 0.4) is 0 Å². The van der Waals surface area contributed by atoms with Gasteiger partial charge >= 0.3 is 0 Å². The Morgan fingerprint density at radius 3 is 2.19 bits per heavy atom. The number of hydrogen-bond acceptors (Lipinski definition) is 2. The standard InChI is InChI=1S/C13H9F3INO2S/c14-11-6-1-8(12(15)13(11)16)7-18-21(19,20)10-4-2-9(17)3-5-10/h1-6,18H,7H2. The van der Waals surface area contributed by atoms with Gasteiger partial charge in [-0.1, -0.05) is 6.07 Å². The van der Waals surface area contributed by atoms with Crippen LogP contribution < -0.4 is 4.72 Å². The van der Waals surface area contributed by atoms with Gasteiger partial charge in [0, 0.05) is 15.7 Å². The maximum atomic E-state index is 13.4. The molecule has 8 heteroatoms. The van der Waals surface area contributed by atoms with Crippen molar-refractivity contribution in [3.05, 3.63) is 63.0 Å². The lowest BCUT2D eigenvalue weighted by Crippen LogP contribution is -2.24. The summed E-state index contributed by atoms with van der Waals surface area (Å²) < 4.78 is 66.2. The first-order valence-corrected chi connectivity index (χ1v) is 8.25. The van der Waals surface area contributed by atoms with Crippen molar-refractivity contribution in [2.24, 2.45) is 0 Å². The summed E-state index contributed by atoms with van der Waals surface area (Å²) >= 11 is 2.02. The van der Waals surface area contributed by atoms with Gasteiger partial charge in [0.25, 0.3) is 0 Å². The molecule has 0 atom stereocenters. The Balaban J connectivity index is 2.19. The average Bonchev–Trinajstić information content (AvgIpc) is 2.44. The van der Waals surface area contributed by atoms with Crippen LogP contribution in [0.4, 0.5) is 13.2 Å². The highest BCUT2D eigenvalue weighted by Gasteiger charge is 2.17. The van der Waals surface area contributed by atoms with Crippen molar-refractivity contribution in [3.8, 4) is 0 Å². The highest BCUT2D eigenvalue weighted by Crippen LogP contribution is 2.16. The molecule has 0 saturated heterocycles. The molecular weight excluding hydrogens is 418 g/mol. The second kappa shape index (κ2) is 6.32. The lowest BCUT2D eigenvalue weighted by Gasteiger charge is -2.08. The van der Waals surface area contributed by atoms with E-state index in [9.17, 15) is 21.6 Å². The minimum absolute atomic E-state index is 0.00547. The van der Waals surface area contributed by atoms with E-state index in [1.807, 2.05) is 22.6 Å². The van der Waals surface area contributed by atoms with Crippen molar-refractivity contribution in [2.45, 2.75) is 11.4 Å². The molecule has 1 N–H and O–H groups in total. The third kappa shape index (κ3) is 3.74. The first-order valence-electron chi connectivity index (χ1n) is 5.69. The summed E-state index contributed by atoms with van der Waals surface area (Å²) in [5.41, 5.74) is -0.275. The van der Waals surface area contributed by atoms with Crippen molar-refractivity contribution in [1.82, 2.24) is 4.72 Å². The van der Waals surface area contributed by atoms with Crippen LogP contribution in [0.15, 0.2) is 41.3 Å². The Kier molecular flexibility index (Phi) is 4.89. The van der Waals surface area contributed by atoms with Gasteiger partial charge in [-0.05, 0) is 52.9 Å². The summed E-state index contributed by atoms with van der Waals surface area (Å²) in [6.07, 6.45) is 0. The lowest BCUT2D eigenvalue weighted by molar-refractivity contribution is 0.440. The third-order valence-electron chi connectivity index (χ3n) is 2.69. The smallest absolute Gasteiger partial charge is 0.207 e. The molecule has 0 aromatic heterocycles. The van der Waals surface area contributed by atoms with Crippen LogP contribution in [0.5, 0.6) is 0 Å². The molecular formula is C13H9F3INO2S.